The minimum absolute atomic E-state index is 0.292. The average Bonchev–Trinajstić information content (AvgIpc) is 3.04. The van der Waals surface area contributed by atoms with E-state index in [2.05, 4.69) is 14.9 Å². The second-order valence-corrected chi connectivity index (χ2v) is 6.64. The molecule has 1 aliphatic rings. The summed E-state index contributed by atoms with van der Waals surface area (Å²) in [7, 11) is 0. The summed E-state index contributed by atoms with van der Waals surface area (Å²) in [4.78, 5) is 21.6. The maximum absolute atomic E-state index is 12.3. The standard InChI is InChI=1S/C19H21N5O.C2H6/c1-13-10-15-12-24(19(25)22-18(15)21-13)16-7-5-14(6-8-16)11-23-9-3-2-4-17(23)20;1-2/h5-8,10,12,20H,2-4,9,11H2,1H3,(H,21,22,25);1-2H3. The Morgan fingerprint density at radius 2 is 1.93 bits per heavy atom. The van der Waals surface area contributed by atoms with Crippen LogP contribution < -0.4 is 5.69 Å². The van der Waals surface area contributed by atoms with Crippen molar-refractivity contribution in [3.63, 3.8) is 0 Å². The van der Waals surface area contributed by atoms with Crippen LogP contribution in [-0.4, -0.2) is 31.8 Å². The van der Waals surface area contributed by atoms with Gasteiger partial charge in [0.25, 0.3) is 0 Å². The van der Waals surface area contributed by atoms with Crippen LogP contribution in [0.1, 0.15) is 44.4 Å². The molecule has 6 nitrogen and oxygen atoms in total. The third-order valence-electron chi connectivity index (χ3n) is 4.70. The summed E-state index contributed by atoms with van der Waals surface area (Å²) < 4.78 is 1.57. The Morgan fingerprint density at radius 3 is 2.63 bits per heavy atom. The molecule has 1 fully saturated rings. The Hall–Kier alpha value is -2.89. The van der Waals surface area contributed by atoms with E-state index in [0.29, 0.717) is 5.65 Å². The third kappa shape index (κ3) is 4.10. The summed E-state index contributed by atoms with van der Waals surface area (Å²) in [6, 6.07) is 9.91. The van der Waals surface area contributed by atoms with Gasteiger partial charge in [0.1, 0.15) is 5.65 Å². The van der Waals surface area contributed by atoms with Crippen molar-refractivity contribution in [1.82, 2.24) is 19.4 Å². The molecule has 142 valence electrons. The molecule has 6 heteroatoms. The zero-order chi connectivity index (χ0) is 19.4. The van der Waals surface area contributed by atoms with Gasteiger partial charge in [-0.05, 0) is 43.5 Å². The molecule has 4 rings (SSSR count). The lowest BCUT2D eigenvalue weighted by atomic mass is 10.1. The van der Waals surface area contributed by atoms with E-state index in [0.717, 1.165) is 60.5 Å². The van der Waals surface area contributed by atoms with Crippen molar-refractivity contribution in [3.05, 3.63) is 58.3 Å². The predicted molar refractivity (Wildman–Crippen MR) is 110 cm³/mol. The number of nitrogens with one attached hydrogen (secondary N) is 2. The third-order valence-corrected chi connectivity index (χ3v) is 4.70. The van der Waals surface area contributed by atoms with Crippen LogP contribution in [0.3, 0.4) is 0 Å². The number of aromatic amines is 1. The summed E-state index contributed by atoms with van der Waals surface area (Å²) in [6.45, 7) is 7.65. The Labute approximate surface area is 159 Å². The normalized spacial score (nSPS) is 14.2. The molecule has 2 N–H and O–H groups in total. The fourth-order valence-corrected chi connectivity index (χ4v) is 3.36. The van der Waals surface area contributed by atoms with Gasteiger partial charge in [0.05, 0.1) is 11.5 Å². The van der Waals surface area contributed by atoms with Crippen LogP contribution in [0, 0.1) is 12.3 Å². The molecule has 0 atom stereocenters. The second-order valence-electron chi connectivity index (χ2n) is 6.64. The molecule has 27 heavy (non-hydrogen) atoms. The highest BCUT2D eigenvalue weighted by Gasteiger charge is 2.15. The highest BCUT2D eigenvalue weighted by molar-refractivity contribution is 5.79. The van der Waals surface area contributed by atoms with Crippen molar-refractivity contribution < 1.29 is 0 Å². The van der Waals surface area contributed by atoms with Crippen molar-refractivity contribution >= 4 is 16.9 Å². The van der Waals surface area contributed by atoms with Gasteiger partial charge in [0.2, 0.25) is 0 Å². The predicted octanol–water partition coefficient (Wildman–Crippen LogP) is 4.01. The summed E-state index contributed by atoms with van der Waals surface area (Å²) in [6.07, 6.45) is 4.96. The fourth-order valence-electron chi connectivity index (χ4n) is 3.36. The van der Waals surface area contributed by atoms with Gasteiger partial charge in [0, 0.05) is 36.8 Å². The van der Waals surface area contributed by atoms with Gasteiger partial charge >= 0.3 is 5.69 Å². The van der Waals surface area contributed by atoms with Gasteiger partial charge in [-0.2, -0.15) is 4.98 Å². The number of aromatic nitrogens is 3. The van der Waals surface area contributed by atoms with Gasteiger partial charge in [-0.15, -0.1) is 0 Å². The maximum atomic E-state index is 12.3. The highest BCUT2D eigenvalue weighted by atomic mass is 16.1. The highest BCUT2D eigenvalue weighted by Crippen LogP contribution is 2.17. The number of H-pyrrole nitrogens is 1. The molecule has 0 unspecified atom stereocenters. The first-order valence-electron chi connectivity index (χ1n) is 9.61. The number of benzene rings is 1. The average molecular weight is 365 g/mol. The van der Waals surface area contributed by atoms with Gasteiger partial charge in [0.15, 0.2) is 0 Å². The van der Waals surface area contributed by atoms with Crippen molar-refractivity contribution in [2.24, 2.45) is 0 Å². The molecule has 0 radical (unpaired) electrons. The Kier molecular flexibility index (Phi) is 5.74. The van der Waals surface area contributed by atoms with Crippen LogP contribution in [0.25, 0.3) is 16.7 Å². The molecule has 0 amide bonds. The minimum Gasteiger partial charge on any atom is -0.356 e. The van der Waals surface area contributed by atoms with Crippen LogP contribution in [0.5, 0.6) is 0 Å². The zero-order valence-electron chi connectivity index (χ0n) is 16.2. The number of hydrogen-bond acceptors (Lipinski definition) is 3. The number of hydrogen-bond donors (Lipinski definition) is 2. The molecule has 1 saturated heterocycles. The van der Waals surface area contributed by atoms with Crippen molar-refractivity contribution in [2.45, 2.75) is 46.6 Å². The van der Waals surface area contributed by atoms with E-state index in [-0.39, 0.29) is 5.69 Å². The van der Waals surface area contributed by atoms with Crippen LogP contribution in [0.2, 0.25) is 0 Å². The molecular formula is C21H27N5O. The first-order valence-corrected chi connectivity index (χ1v) is 9.61. The maximum Gasteiger partial charge on any atom is 0.354 e. The van der Waals surface area contributed by atoms with E-state index < -0.39 is 0 Å². The number of likely N-dealkylation sites (tertiary alicyclic amines) is 1. The smallest absolute Gasteiger partial charge is 0.354 e. The Balaban J connectivity index is 0.00000102. The first-order chi connectivity index (χ1) is 13.1. The molecule has 2 aromatic heterocycles. The molecular weight excluding hydrogens is 338 g/mol. The number of rotatable bonds is 3. The largest absolute Gasteiger partial charge is 0.356 e. The lowest BCUT2D eigenvalue weighted by Crippen LogP contribution is -2.34. The van der Waals surface area contributed by atoms with E-state index in [4.69, 9.17) is 5.41 Å². The molecule has 1 aliphatic heterocycles. The van der Waals surface area contributed by atoms with Crippen LogP contribution in [0.4, 0.5) is 0 Å². The molecule has 1 aromatic carbocycles. The van der Waals surface area contributed by atoms with E-state index in [1.54, 1.807) is 4.57 Å². The van der Waals surface area contributed by atoms with Gasteiger partial charge in [-0.1, -0.05) is 26.0 Å². The molecule has 0 spiro atoms. The fraction of sp³-hybridized carbons (Fsp3) is 0.381. The quantitative estimate of drug-likeness (QED) is 0.736. The van der Waals surface area contributed by atoms with E-state index in [1.807, 2.05) is 57.3 Å². The molecule has 3 aromatic rings. The second kappa shape index (κ2) is 8.20. The first kappa shape index (κ1) is 18.9. The van der Waals surface area contributed by atoms with Gasteiger partial charge in [-0.25, -0.2) is 4.79 Å². The summed E-state index contributed by atoms with van der Waals surface area (Å²) >= 11 is 0. The van der Waals surface area contributed by atoms with Gasteiger partial charge < -0.3 is 9.88 Å². The lowest BCUT2D eigenvalue weighted by molar-refractivity contribution is 0.361. The van der Waals surface area contributed by atoms with Crippen LogP contribution in [0.15, 0.2) is 41.3 Å². The minimum atomic E-state index is -0.292. The van der Waals surface area contributed by atoms with E-state index in [9.17, 15) is 4.79 Å². The lowest BCUT2D eigenvalue weighted by Gasteiger charge is -2.29. The molecule has 0 bridgehead atoms. The summed E-state index contributed by atoms with van der Waals surface area (Å²) in [5.41, 5.74) is 3.27. The molecule has 3 heterocycles. The summed E-state index contributed by atoms with van der Waals surface area (Å²) in [5, 5.41) is 8.97. The number of fused-ring (bicyclic) bond motifs is 1. The van der Waals surface area contributed by atoms with Gasteiger partial charge in [-0.3, -0.25) is 9.98 Å². The van der Waals surface area contributed by atoms with Crippen molar-refractivity contribution in [3.8, 4) is 5.69 Å². The van der Waals surface area contributed by atoms with Crippen LogP contribution in [-0.2, 0) is 6.54 Å². The monoisotopic (exact) mass is 365 g/mol. The zero-order valence-corrected chi connectivity index (χ0v) is 16.2. The van der Waals surface area contributed by atoms with Crippen LogP contribution >= 0.6 is 0 Å². The number of aryl methyl sites for hydroxylation is 1. The molecule has 0 saturated carbocycles. The Bertz CT molecular complexity index is 984. The Morgan fingerprint density at radius 1 is 1.19 bits per heavy atom. The van der Waals surface area contributed by atoms with E-state index in [1.165, 1.54) is 0 Å². The van der Waals surface area contributed by atoms with Crippen molar-refractivity contribution in [1.29, 1.82) is 5.41 Å². The SMILES string of the molecule is CC.Cc1cc2cn(-c3ccc(CN4CCCCC4=N)cc3)c(=O)nc2[nH]1. The number of piperidine rings is 1. The summed E-state index contributed by atoms with van der Waals surface area (Å²) in [5.74, 6) is 0.726. The number of amidine groups is 1. The van der Waals surface area contributed by atoms with E-state index >= 15 is 0 Å². The topological polar surface area (TPSA) is 77.8 Å². The molecule has 0 aliphatic carbocycles. The number of nitrogens with zero attached hydrogens (tertiary/aromatic N) is 3. The van der Waals surface area contributed by atoms with Crippen molar-refractivity contribution in [2.75, 3.05) is 6.54 Å².